The van der Waals surface area contributed by atoms with Gasteiger partial charge in [-0.2, -0.15) is 0 Å². The van der Waals surface area contributed by atoms with Crippen LogP contribution in [0.4, 0.5) is 5.69 Å². The van der Waals surface area contributed by atoms with Crippen molar-refractivity contribution in [2.75, 3.05) is 18.0 Å². The van der Waals surface area contributed by atoms with Crippen LogP contribution in [0.15, 0.2) is 40.9 Å². The molecular formula is C16H18BrN. The van der Waals surface area contributed by atoms with Crippen LogP contribution in [0.1, 0.15) is 19.8 Å². The largest absolute Gasteiger partial charge is 0.370 e. The fraction of sp³-hybridized carbons (Fsp3) is 0.375. The summed E-state index contributed by atoms with van der Waals surface area (Å²) in [4.78, 5) is 2.51. The predicted octanol–water partition coefficient (Wildman–Crippen LogP) is 4.84. The van der Waals surface area contributed by atoms with Crippen LogP contribution in [0.5, 0.6) is 0 Å². The van der Waals surface area contributed by atoms with E-state index < -0.39 is 0 Å². The molecule has 2 aromatic carbocycles. The molecule has 0 N–H and O–H groups in total. The van der Waals surface area contributed by atoms with Crippen molar-refractivity contribution in [3.63, 3.8) is 0 Å². The molecule has 1 heterocycles. The third kappa shape index (κ3) is 2.03. The average molecular weight is 304 g/mol. The Balaban J connectivity index is 1.92. The second kappa shape index (κ2) is 4.93. The summed E-state index contributed by atoms with van der Waals surface area (Å²) in [6.45, 7) is 4.72. The molecule has 1 saturated heterocycles. The molecule has 2 aromatic rings. The van der Waals surface area contributed by atoms with E-state index in [4.69, 9.17) is 0 Å². The Morgan fingerprint density at radius 2 is 1.83 bits per heavy atom. The molecule has 1 aliphatic heterocycles. The first kappa shape index (κ1) is 12.0. The third-order valence-corrected chi connectivity index (χ3v) is 4.53. The van der Waals surface area contributed by atoms with Gasteiger partial charge in [-0.3, -0.25) is 0 Å². The smallest absolute Gasteiger partial charge is 0.0446 e. The lowest BCUT2D eigenvalue weighted by Crippen LogP contribution is -2.46. The minimum Gasteiger partial charge on any atom is -0.370 e. The quantitative estimate of drug-likeness (QED) is 0.784. The van der Waals surface area contributed by atoms with E-state index >= 15 is 0 Å². The van der Waals surface area contributed by atoms with Crippen LogP contribution in [0.2, 0.25) is 0 Å². The molecule has 0 bridgehead atoms. The van der Waals surface area contributed by atoms with Crippen molar-refractivity contribution in [1.29, 1.82) is 0 Å². The van der Waals surface area contributed by atoms with E-state index in [1.807, 2.05) is 0 Å². The maximum atomic E-state index is 3.64. The molecule has 2 heteroatoms. The average Bonchev–Trinajstić information content (AvgIpc) is 2.35. The zero-order chi connectivity index (χ0) is 12.5. The number of benzene rings is 2. The van der Waals surface area contributed by atoms with Crippen molar-refractivity contribution in [2.24, 2.45) is 5.92 Å². The standard InChI is InChI=1S/C16H18BrN/c1-2-5-12-10-18(11-12)16-9-8-15(17)13-6-3-4-7-14(13)16/h3-4,6-9,12H,2,5,10-11H2,1H3. The van der Waals surface area contributed by atoms with E-state index in [0.717, 1.165) is 5.92 Å². The molecule has 0 radical (unpaired) electrons. The number of hydrogen-bond acceptors (Lipinski definition) is 1. The molecule has 1 aliphatic rings. The van der Waals surface area contributed by atoms with Crippen LogP contribution in [0.3, 0.4) is 0 Å². The number of anilines is 1. The summed E-state index contributed by atoms with van der Waals surface area (Å²) in [5.74, 6) is 0.900. The summed E-state index contributed by atoms with van der Waals surface area (Å²) in [5, 5.41) is 2.68. The van der Waals surface area contributed by atoms with Gasteiger partial charge in [-0.05, 0) is 29.9 Å². The maximum absolute atomic E-state index is 3.64. The van der Waals surface area contributed by atoms with E-state index in [2.05, 4.69) is 64.2 Å². The Kier molecular flexibility index (Phi) is 3.29. The Labute approximate surface area is 117 Å². The van der Waals surface area contributed by atoms with Gasteiger partial charge >= 0.3 is 0 Å². The molecule has 0 spiro atoms. The fourth-order valence-electron chi connectivity index (χ4n) is 2.88. The molecule has 0 aliphatic carbocycles. The predicted molar refractivity (Wildman–Crippen MR) is 82.3 cm³/mol. The Morgan fingerprint density at radius 1 is 1.11 bits per heavy atom. The molecule has 0 amide bonds. The number of halogens is 1. The van der Waals surface area contributed by atoms with Crippen LogP contribution in [-0.4, -0.2) is 13.1 Å². The molecule has 0 unspecified atom stereocenters. The Bertz CT molecular complexity index is 558. The molecule has 1 fully saturated rings. The van der Waals surface area contributed by atoms with Gasteiger partial charge in [-0.15, -0.1) is 0 Å². The van der Waals surface area contributed by atoms with Gasteiger partial charge in [0, 0.05) is 28.6 Å². The first-order valence-electron chi connectivity index (χ1n) is 6.71. The van der Waals surface area contributed by atoms with E-state index in [1.165, 1.54) is 46.9 Å². The molecule has 0 saturated carbocycles. The molecule has 0 aromatic heterocycles. The summed E-state index contributed by atoms with van der Waals surface area (Å²) < 4.78 is 1.19. The maximum Gasteiger partial charge on any atom is 0.0446 e. The fourth-order valence-corrected chi connectivity index (χ4v) is 3.36. The van der Waals surface area contributed by atoms with Crippen molar-refractivity contribution in [3.8, 4) is 0 Å². The molecule has 18 heavy (non-hydrogen) atoms. The minimum atomic E-state index is 0.900. The summed E-state index contributed by atoms with van der Waals surface area (Å²) in [5.41, 5.74) is 1.39. The van der Waals surface area contributed by atoms with Gasteiger partial charge in [0.05, 0.1) is 0 Å². The van der Waals surface area contributed by atoms with Gasteiger partial charge in [-0.25, -0.2) is 0 Å². The lowest BCUT2D eigenvalue weighted by molar-refractivity contribution is 0.381. The molecule has 0 atom stereocenters. The van der Waals surface area contributed by atoms with Crippen LogP contribution >= 0.6 is 15.9 Å². The summed E-state index contributed by atoms with van der Waals surface area (Å²) in [6, 6.07) is 13.1. The minimum absolute atomic E-state index is 0.900. The van der Waals surface area contributed by atoms with Crippen LogP contribution in [0, 0.1) is 5.92 Å². The monoisotopic (exact) mass is 303 g/mol. The molecule has 94 valence electrons. The highest BCUT2D eigenvalue weighted by atomic mass is 79.9. The van der Waals surface area contributed by atoms with Crippen LogP contribution in [0.25, 0.3) is 10.8 Å². The van der Waals surface area contributed by atoms with Gasteiger partial charge in [0.1, 0.15) is 0 Å². The second-order valence-corrected chi connectivity index (χ2v) is 6.03. The van der Waals surface area contributed by atoms with Gasteiger partial charge in [0.2, 0.25) is 0 Å². The highest BCUT2D eigenvalue weighted by Gasteiger charge is 2.26. The lowest BCUT2D eigenvalue weighted by atomic mass is 9.93. The van der Waals surface area contributed by atoms with Crippen LogP contribution < -0.4 is 4.90 Å². The number of fused-ring (bicyclic) bond motifs is 1. The highest BCUT2D eigenvalue weighted by molar-refractivity contribution is 9.10. The van der Waals surface area contributed by atoms with Crippen molar-refractivity contribution in [2.45, 2.75) is 19.8 Å². The van der Waals surface area contributed by atoms with Gasteiger partial charge in [0.15, 0.2) is 0 Å². The number of hydrogen-bond donors (Lipinski definition) is 0. The van der Waals surface area contributed by atoms with Gasteiger partial charge in [0.25, 0.3) is 0 Å². The van der Waals surface area contributed by atoms with E-state index in [-0.39, 0.29) is 0 Å². The Morgan fingerprint density at radius 3 is 2.56 bits per heavy atom. The van der Waals surface area contributed by atoms with Crippen molar-refractivity contribution >= 4 is 32.4 Å². The first-order chi connectivity index (χ1) is 8.79. The first-order valence-corrected chi connectivity index (χ1v) is 7.51. The summed E-state index contributed by atoms with van der Waals surface area (Å²) in [7, 11) is 0. The zero-order valence-electron chi connectivity index (χ0n) is 10.7. The van der Waals surface area contributed by atoms with E-state index in [0.29, 0.717) is 0 Å². The van der Waals surface area contributed by atoms with Gasteiger partial charge < -0.3 is 4.90 Å². The SMILES string of the molecule is CCCC1CN(c2ccc(Br)c3ccccc23)C1. The summed E-state index contributed by atoms with van der Waals surface area (Å²) >= 11 is 3.64. The van der Waals surface area contributed by atoms with E-state index in [1.54, 1.807) is 0 Å². The molecule has 1 nitrogen and oxygen atoms in total. The summed E-state index contributed by atoms with van der Waals surface area (Å²) in [6.07, 6.45) is 2.67. The highest BCUT2D eigenvalue weighted by Crippen LogP contribution is 2.36. The van der Waals surface area contributed by atoms with Crippen molar-refractivity contribution < 1.29 is 0 Å². The topological polar surface area (TPSA) is 3.24 Å². The number of nitrogens with zero attached hydrogens (tertiary/aromatic N) is 1. The van der Waals surface area contributed by atoms with Crippen molar-refractivity contribution in [3.05, 3.63) is 40.9 Å². The molecular weight excluding hydrogens is 286 g/mol. The number of rotatable bonds is 3. The van der Waals surface area contributed by atoms with Crippen LogP contribution in [-0.2, 0) is 0 Å². The normalized spacial score (nSPS) is 16.0. The lowest BCUT2D eigenvalue weighted by Gasteiger charge is -2.41. The Hall–Kier alpha value is -1.02. The van der Waals surface area contributed by atoms with Gasteiger partial charge in [-0.1, -0.05) is 53.5 Å². The third-order valence-electron chi connectivity index (χ3n) is 3.84. The second-order valence-electron chi connectivity index (χ2n) is 5.17. The van der Waals surface area contributed by atoms with E-state index in [9.17, 15) is 0 Å². The zero-order valence-corrected chi connectivity index (χ0v) is 12.3. The molecule has 3 rings (SSSR count). The van der Waals surface area contributed by atoms with Crippen molar-refractivity contribution in [1.82, 2.24) is 0 Å².